The average molecular weight is 319 g/mol. The maximum atomic E-state index is 12.4. The Morgan fingerprint density at radius 1 is 1.48 bits per heavy atom. The first-order chi connectivity index (χ1) is 10.9. The zero-order valence-electron chi connectivity index (χ0n) is 14.5. The molecular weight excluding hydrogens is 290 g/mol. The maximum absolute atomic E-state index is 12.4. The van der Waals surface area contributed by atoms with Gasteiger partial charge in [-0.05, 0) is 37.5 Å². The van der Waals surface area contributed by atoms with Crippen molar-refractivity contribution in [3.8, 4) is 0 Å². The molecule has 2 heterocycles. The number of hydrogen-bond donors (Lipinski definition) is 2. The van der Waals surface area contributed by atoms with Crippen LogP contribution in [-0.4, -0.2) is 46.3 Å². The van der Waals surface area contributed by atoms with Crippen LogP contribution in [-0.2, 0) is 4.79 Å². The molecule has 1 saturated carbocycles. The van der Waals surface area contributed by atoms with Crippen molar-refractivity contribution < 1.29 is 4.79 Å². The van der Waals surface area contributed by atoms with E-state index in [-0.39, 0.29) is 17.4 Å². The summed E-state index contributed by atoms with van der Waals surface area (Å²) in [6.07, 6.45) is 5.23. The molecule has 1 aromatic heterocycles. The Labute approximate surface area is 138 Å². The Morgan fingerprint density at radius 2 is 2.22 bits per heavy atom. The minimum absolute atomic E-state index is 0.0287. The fraction of sp³-hybridized carbons (Fsp3) is 0.765. The third-order valence-corrected chi connectivity index (χ3v) is 5.39. The van der Waals surface area contributed by atoms with E-state index in [1.165, 1.54) is 12.8 Å². The fourth-order valence-corrected chi connectivity index (χ4v) is 3.52. The molecule has 0 spiro atoms. The largest absolute Gasteiger partial charge is 0.327 e. The number of anilines is 1. The predicted molar refractivity (Wildman–Crippen MR) is 91.1 cm³/mol. The highest BCUT2D eigenvalue weighted by atomic mass is 16.2. The lowest BCUT2D eigenvalue weighted by Gasteiger charge is -2.42. The SMILES string of the molecule is CC(C1CC1)n1nccc1NC(=O)CN1CCC(N)C(C)(C)C1. The van der Waals surface area contributed by atoms with Crippen molar-refractivity contribution in [3.05, 3.63) is 12.3 Å². The molecule has 1 saturated heterocycles. The van der Waals surface area contributed by atoms with Crippen molar-refractivity contribution in [1.29, 1.82) is 0 Å². The molecule has 2 unspecified atom stereocenters. The molecule has 23 heavy (non-hydrogen) atoms. The van der Waals surface area contributed by atoms with E-state index in [1.807, 2.05) is 10.7 Å². The van der Waals surface area contributed by atoms with Gasteiger partial charge in [-0.1, -0.05) is 13.8 Å². The molecule has 0 radical (unpaired) electrons. The zero-order chi connectivity index (χ0) is 16.6. The smallest absolute Gasteiger partial charge is 0.239 e. The van der Waals surface area contributed by atoms with Gasteiger partial charge in [0, 0.05) is 25.2 Å². The Hall–Kier alpha value is -1.40. The van der Waals surface area contributed by atoms with Crippen LogP contribution in [0.25, 0.3) is 0 Å². The molecular formula is C17H29N5O. The highest BCUT2D eigenvalue weighted by Gasteiger charge is 2.34. The lowest BCUT2D eigenvalue weighted by molar-refractivity contribution is -0.118. The first-order valence-electron chi connectivity index (χ1n) is 8.68. The van der Waals surface area contributed by atoms with Crippen LogP contribution < -0.4 is 11.1 Å². The van der Waals surface area contributed by atoms with Gasteiger partial charge in [-0.3, -0.25) is 9.69 Å². The quantitative estimate of drug-likeness (QED) is 0.868. The number of aromatic nitrogens is 2. The molecule has 0 aromatic carbocycles. The molecule has 3 rings (SSSR count). The van der Waals surface area contributed by atoms with Crippen LogP contribution in [0.2, 0.25) is 0 Å². The van der Waals surface area contributed by atoms with Gasteiger partial charge in [0.15, 0.2) is 0 Å². The van der Waals surface area contributed by atoms with Gasteiger partial charge >= 0.3 is 0 Å². The van der Waals surface area contributed by atoms with E-state index in [9.17, 15) is 4.79 Å². The number of piperidine rings is 1. The Kier molecular flexibility index (Phi) is 4.47. The highest BCUT2D eigenvalue weighted by Crippen LogP contribution is 2.40. The number of likely N-dealkylation sites (tertiary alicyclic amines) is 1. The van der Waals surface area contributed by atoms with Gasteiger partial charge in [0.25, 0.3) is 0 Å². The third kappa shape index (κ3) is 3.75. The number of nitrogens with one attached hydrogen (secondary N) is 1. The van der Waals surface area contributed by atoms with Crippen molar-refractivity contribution in [1.82, 2.24) is 14.7 Å². The van der Waals surface area contributed by atoms with E-state index in [1.54, 1.807) is 6.20 Å². The van der Waals surface area contributed by atoms with Crippen LogP contribution in [0.15, 0.2) is 12.3 Å². The van der Waals surface area contributed by atoms with Gasteiger partial charge in [-0.2, -0.15) is 5.10 Å². The third-order valence-electron chi connectivity index (χ3n) is 5.39. The molecule has 0 bridgehead atoms. The van der Waals surface area contributed by atoms with Gasteiger partial charge < -0.3 is 11.1 Å². The van der Waals surface area contributed by atoms with E-state index in [2.05, 4.69) is 36.1 Å². The maximum Gasteiger partial charge on any atom is 0.239 e. The lowest BCUT2D eigenvalue weighted by atomic mass is 9.80. The normalized spacial score (nSPS) is 26.0. The minimum atomic E-state index is 0.0287. The van der Waals surface area contributed by atoms with Crippen molar-refractivity contribution in [2.45, 2.75) is 52.1 Å². The molecule has 2 aliphatic rings. The number of nitrogens with two attached hydrogens (primary N) is 1. The molecule has 1 aromatic rings. The second kappa shape index (κ2) is 6.24. The van der Waals surface area contributed by atoms with Gasteiger partial charge in [-0.15, -0.1) is 0 Å². The summed E-state index contributed by atoms with van der Waals surface area (Å²) in [6.45, 7) is 8.69. The van der Waals surface area contributed by atoms with E-state index in [0.717, 1.165) is 25.3 Å². The van der Waals surface area contributed by atoms with Gasteiger partial charge in [0.05, 0.1) is 18.8 Å². The number of rotatable bonds is 5. The Balaban J connectivity index is 1.57. The van der Waals surface area contributed by atoms with Crippen molar-refractivity contribution in [2.75, 3.05) is 25.0 Å². The first-order valence-corrected chi connectivity index (χ1v) is 8.68. The number of carbonyl (C=O) groups excluding carboxylic acids is 1. The molecule has 3 N–H and O–H groups in total. The molecule has 1 amide bonds. The average Bonchev–Trinajstić information content (AvgIpc) is 3.22. The molecule has 1 aliphatic heterocycles. The molecule has 2 fully saturated rings. The van der Waals surface area contributed by atoms with E-state index < -0.39 is 0 Å². The topological polar surface area (TPSA) is 76.2 Å². The second-order valence-corrected chi connectivity index (χ2v) is 7.88. The monoisotopic (exact) mass is 319 g/mol. The molecule has 128 valence electrons. The summed E-state index contributed by atoms with van der Waals surface area (Å²) in [5.41, 5.74) is 6.22. The Morgan fingerprint density at radius 3 is 2.87 bits per heavy atom. The van der Waals surface area contributed by atoms with Crippen LogP contribution in [0.1, 0.15) is 46.1 Å². The summed E-state index contributed by atoms with van der Waals surface area (Å²) in [7, 11) is 0. The number of carbonyl (C=O) groups is 1. The van der Waals surface area contributed by atoms with Crippen molar-refractivity contribution in [2.24, 2.45) is 17.1 Å². The summed E-state index contributed by atoms with van der Waals surface area (Å²) in [5.74, 6) is 1.54. The van der Waals surface area contributed by atoms with Crippen molar-refractivity contribution >= 4 is 11.7 Å². The van der Waals surface area contributed by atoms with Crippen LogP contribution in [0, 0.1) is 11.3 Å². The van der Waals surface area contributed by atoms with Crippen LogP contribution >= 0.6 is 0 Å². The predicted octanol–water partition coefficient (Wildman–Crippen LogP) is 1.85. The minimum Gasteiger partial charge on any atom is -0.327 e. The fourth-order valence-electron chi connectivity index (χ4n) is 3.52. The summed E-state index contributed by atoms with van der Waals surface area (Å²) in [5, 5.41) is 7.41. The second-order valence-electron chi connectivity index (χ2n) is 7.88. The zero-order valence-corrected chi connectivity index (χ0v) is 14.5. The lowest BCUT2D eigenvalue weighted by Crippen LogP contribution is -2.53. The summed E-state index contributed by atoms with van der Waals surface area (Å²) in [6, 6.07) is 2.45. The molecule has 6 nitrogen and oxygen atoms in total. The standard InChI is InChI=1S/C17H29N5O/c1-12(13-4-5-13)22-15(6-8-19-22)20-16(23)10-21-9-7-14(18)17(2,3)11-21/h6,8,12-14H,4-5,7,9-11,18H2,1-3H3,(H,20,23). The summed E-state index contributed by atoms with van der Waals surface area (Å²) >= 11 is 0. The van der Waals surface area contributed by atoms with Crippen molar-refractivity contribution in [3.63, 3.8) is 0 Å². The Bertz CT molecular complexity index is 563. The van der Waals surface area contributed by atoms with Crippen LogP contribution in [0.4, 0.5) is 5.82 Å². The highest BCUT2D eigenvalue weighted by molar-refractivity contribution is 5.91. The van der Waals surface area contributed by atoms with Gasteiger partial charge in [0.1, 0.15) is 5.82 Å². The van der Waals surface area contributed by atoms with E-state index in [0.29, 0.717) is 18.5 Å². The number of nitrogens with zero attached hydrogens (tertiary/aromatic N) is 3. The van der Waals surface area contributed by atoms with E-state index >= 15 is 0 Å². The van der Waals surface area contributed by atoms with Gasteiger partial charge in [0.2, 0.25) is 5.91 Å². The molecule has 6 heteroatoms. The summed E-state index contributed by atoms with van der Waals surface area (Å²) < 4.78 is 1.95. The molecule has 1 aliphatic carbocycles. The number of amides is 1. The van der Waals surface area contributed by atoms with Gasteiger partial charge in [-0.25, -0.2) is 4.68 Å². The molecule has 2 atom stereocenters. The van der Waals surface area contributed by atoms with Crippen LogP contribution in [0.5, 0.6) is 0 Å². The summed E-state index contributed by atoms with van der Waals surface area (Å²) in [4.78, 5) is 14.6. The number of hydrogen-bond acceptors (Lipinski definition) is 4. The van der Waals surface area contributed by atoms with Crippen LogP contribution in [0.3, 0.4) is 0 Å². The first kappa shape index (κ1) is 16.5. The van der Waals surface area contributed by atoms with E-state index in [4.69, 9.17) is 5.73 Å².